The molecule has 4 nitrogen and oxygen atoms in total. The van der Waals surface area contributed by atoms with Crippen molar-refractivity contribution in [3.05, 3.63) is 28.2 Å². The summed E-state index contributed by atoms with van der Waals surface area (Å²) in [6.07, 6.45) is 2.42. The van der Waals surface area contributed by atoms with Crippen molar-refractivity contribution < 1.29 is 4.79 Å². The van der Waals surface area contributed by atoms with E-state index in [1.807, 2.05) is 12.1 Å². The topological polar surface area (TPSA) is 58.6 Å². The molecule has 2 aromatic heterocycles. The van der Waals surface area contributed by atoms with Gasteiger partial charge in [0.2, 0.25) is 0 Å². The highest BCUT2D eigenvalue weighted by Crippen LogP contribution is 2.20. The quantitative estimate of drug-likeness (QED) is 0.656. The van der Waals surface area contributed by atoms with E-state index in [1.54, 1.807) is 11.3 Å². The van der Waals surface area contributed by atoms with Crippen molar-refractivity contribution in [1.82, 2.24) is 15.2 Å². The summed E-state index contributed by atoms with van der Waals surface area (Å²) in [5.74, 6) is 0.546. The van der Waals surface area contributed by atoms with Crippen LogP contribution in [-0.2, 0) is 6.42 Å². The van der Waals surface area contributed by atoms with Crippen LogP contribution in [0.5, 0.6) is 0 Å². The Kier molecular flexibility index (Phi) is 3.74. The van der Waals surface area contributed by atoms with E-state index in [4.69, 9.17) is 0 Å². The van der Waals surface area contributed by atoms with Crippen molar-refractivity contribution >= 4 is 28.9 Å². The molecule has 1 N–H and O–H groups in total. The van der Waals surface area contributed by atoms with Crippen LogP contribution in [-0.4, -0.2) is 26.7 Å². The Labute approximate surface area is 101 Å². The van der Waals surface area contributed by atoms with Gasteiger partial charge < -0.3 is 0 Å². The molecule has 0 unspecified atom stereocenters. The average molecular weight is 253 g/mol. The Morgan fingerprint density at radius 2 is 2.44 bits per heavy atom. The lowest BCUT2D eigenvalue weighted by Crippen LogP contribution is -1.99. The first-order chi connectivity index (χ1) is 7.79. The summed E-state index contributed by atoms with van der Waals surface area (Å²) >= 11 is 2.94. The number of nitrogens with zero attached hydrogens (tertiary/aromatic N) is 2. The van der Waals surface area contributed by atoms with Crippen molar-refractivity contribution in [1.29, 1.82) is 0 Å². The summed E-state index contributed by atoms with van der Waals surface area (Å²) in [5.41, 5.74) is 0. The second-order valence-electron chi connectivity index (χ2n) is 3.12. The molecule has 0 bridgehead atoms. The van der Waals surface area contributed by atoms with Crippen LogP contribution in [0.15, 0.2) is 23.6 Å². The summed E-state index contributed by atoms with van der Waals surface area (Å²) in [6, 6.07) is 3.91. The third-order valence-corrected chi connectivity index (χ3v) is 4.17. The number of rotatable bonds is 5. The maximum absolute atomic E-state index is 11.8. The number of Topliss-reactive ketones (excluding diaryl/α,β-unsaturated/α-hetero) is 1. The van der Waals surface area contributed by atoms with Gasteiger partial charge in [-0.1, -0.05) is 18.7 Å². The number of hydrogen-bond acceptors (Lipinski definition) is 5. The SMILES string of the molecule is CCc1ccc(C(=O)CSc2ncn[nH]2)s1. The van der Waals surface area contributed by atoms with Gasteiger partial charge in [-0.05, 0) is 18.6 Å². The third kappa shape index (κ3) is 2.70. The van der Waals surface area contributed by atoms with E-state index in [0.717, 1.165) is 11.3 Å². The van der Waals surface area contributed by atoms with Gasteiger partial charge in [0, 0.05) is 4.88 Å². The number of ketones is 1. The molecule has 0 saturated heterocycles. The molecular formula is C10H11N3OS2. The van der Waals surface area contributed by atoms with Gasteiger partial charge in [-0.2, -0.15) is 5.10 Å². The van der Waals surface area contributed by atoms with E-state index >= 15 is 0 Å². The molecule has 0 fully saturated rings. The molecule has 0 aromatic carbocycles. The van der Waals surface area contributed by atoms with Crippen LogP contribution in [0.25, 0.3) is 0 Å². The van der Waals surface area contributed by atoms with E-state index in [2.05, 4.69) is 22.1 Å². The molecule has 6 heteroatoms. The molecule has 16 heavy (non-hydrogen) atoms. The zero-order valence-corrected chi connectivity index (χ0v) is 10.4. The van der Waals surface area contributed by atoms with E-state index in [0.29, 0.717) is 10.9 Å². The fourth-order valence-corrected chi connectivity index (χ4v) is 2.83. The molecular weight excluding hydrogens is 242 g/mol. The van der Waals surface area contributed by atoms with Gasteiger partial charge in [-0.25, -0.2) is 4.98 Å². The maximum Gasteiger partial charge on any atom is 0.183 e. The molecule has 0 aliphatic carbocycles. The molecule has 0 radical (unpaired) electrons. The van der Waals surface area contributed by atoms with Crippen LogP contribution in [0.2, 0.25) is 0 Å². The normalized spacial score (nSPS) is 10.6. The van der Waals surface area contributed by atoms with E-state index in [-0.39, 0.29) is 5.78 Å². The van der Waals surface area contributed by atoms with Crippen LogP contribution in [0, 0.1) is 0 Å². The van der Waals surface area contributed by atoms with Gasteiger partial charge in [0.05, 0.1) is 10.6 Å². The summed E-state index contributed by atoms with van der Waals surface area (Å²) < 4.78 is 0. The lowest BCUT2D eigenvalue weighted by atomic mass is 10.3. The van der Waals surface area contributed by atoms with Crippen LogP contribution >= 0.6 is 23.1 Å². The number of carbonyl (C=O) groups is 1. The minimum absolute atomic E-state index is 0.145. The standard InChI is InChI=1S/C10H11N3OS2/c1-2-7-3-4-9(16-7)8(14)5-15-10-11-6-12-13-10/h3-4,6H,2,5H2,1H3,(H,11,12,13). The zero-order chi connectivity index (χ0) is 11.4. The molecule has 2 aromatic rings. The number of nitrogens with one attached hydrogen (secondary N) is 1. The molecule has 2 heterocycles. The van der Waals surface area contributed by atoms with Crippen molar-refractivity contribution in [3.63, 3.8) is 0 Å². The zero-order valence-electron chi connectivity index (χ0n) is 8.77. The smallest absolute Gasteiger partial charge is 0.183 e. The number of aromatic nitrogens is 3. The number of carbonyl (C=O) groups excluding carboxylic acids is 1. The van der Waals surface area contributed by atoms with Gasteiger partial charge in [0.15, 0.2) is 10.9 Å². The summed E-state index contributed by atoms with van der Waals surface area (Å²) in [4.78, 5) is 17.8. The molecule has 2 rings (SSSR count). The van der Waals surface area contributed by atoms with Crippen LogP contribution in [0.3, 0.4) is 0 Å². The Morgan fingerprint density at radius 1 is 1.56 bits per heavy atom. The van der Waals surface area contributed by atoms with Crippen LogP contribution in [0.4, 0.5) is 0 Å². The largest absolute Gasteiger partial charge is 0.292 e. The predicted octanol–water partition coefficient (Wildman–Crippen LogP) is 2.40. The fourth-order valence-electron chi connectivity index (χ4n) is 1.19. The van der Waals surface area contributed by atoms with Crippen LogP contribution in [0.1, 0.15) is 21.5 Å². The van der Waals surface area contributed by atoms with E-state index < -0.39 is 0 Å². The third-order valence-electron chi connectivity index (χ3n) is 2.02. The van der Waals surface area contributed by atoms with Gasteiger partial charge in [-0.3, -0.25) is 9.89 Å². The second-order valence-corrected chi connectivity index (χ2v) is 5.25. The molecule has 0 amide bonds. The molecule has 0 aliphatic heterocycles. The Balaban J connectivity index is 1.93. The first-order valence-electron chi connectivity index (χ1n) is 4.89. The monoisotopic (exact) mass is 253 g/mol. The van der Waals surface area contributed by atoms with Crippen molar-refractivity contribution in [2.45, 2.75) is 18.5 Å². The maximum atomic E-state index is 11.8. The Bertz CT molecular complexity index is 464. The fraction of sp³-hybridized carbons (Fsp3) is 0.300. The van der Waals surface area contributed by atoms with Gasteiger partial charge >= 0.3 is 0 Å². The van der Waals surface area contributed by atoms with Crippen molar-refractivity contribution in [2.24, 2.45) is 0 Å². The number of hydrogen-bond donors (Lipinski definition) is 1. The van der Waals surface area contributed by atoms with E-state index in [9.17, 15) is 4.79 Å². The van der Waals surface area contributed by atoms with Crippen molar-refractivity contribution in [3.8, 4) is 0 Å². The average Bonchev–Trinajstić information content (AvgIpc) is 2.96. The molecule has 0 saturated carbocycles. The van der Waals surface area contributed by atoms with Gasteiger partial charge in [-0.15, -0.1) is 11.3 Å². The van der Waals surface area contributed by atoms with Gasteiger partial charge in [0.25, 0.3) is 0 Å². The second kappa shape index (κ2) is 5.27. The highest BCUT2D eigenvalue weighted by Gasteiger charge is 2.10. The lowest BCUT2D eigenvalue weighted by molar-refractivity contribution is 0.102. The van der Waals surface area contributed by atoms with Crippen LogP contribution < -0.4 is 0 Å². The summed E-state index contributed by atoms with van der Waals surface area (Å²) in [5, 5.41) is 7.12. The molecule has 0 spiro atoms. The van der Waals surface area contributed by atoms with Gasteiger partial charge in [0.1, 0.15) is 6.33 Å². The first-order valence-corrected chi connectivity index (χ1v) is 6.70. The number of thiophene rings is 1. The number of aryl methyl sites for hydroxylation is 1. The minimum atomic E-state index is 0.145. The predicted molar refractivity (Wildman–Crippen MR) is 65.1 cm³/mol. The minimum Gasteiger partial charge on any atom is -0.292 e. The number of aromatic amines is 1. The number of H-pyrrole nitrogens is 1. The van der Waals surface area contributed by atoms with Crippen molar-refractivity contribution in [2.75, 3.05) is 5.75 Å². The Morgan fingerprint density at radius 3 is 3.06 bits per heavy atom. The Hall–Kier alpha value is -1.14. The number of thioether (sulfide) groups is 1. The highest BCUT2D eigenvalue weighted by atomic mass is 32.2. The lowest BCUT2D eigenvalue weighted by Gasteiger charge is -1.94. The summed E-state index contributed by atoms with van der Waals surface area (Å²) in [6.45, 7) is 2.09. The highest BCUT2D eigenvalue weighted by molar-refractivity contribution is 7.99. The molecule has 0 atom stereocenters. The molecule has 84 valence electrons. The molecule has 0 aliphatic rings. The first kappa shape index (κ1) is 11.3. The van der Waals surface area contributed by atoms with E-state index in [1.165, 1.54) is 23.0 Å². The summed E-state index contributed by atoms with van der Waals surface area (Å²) in [7, 11) is 0.